The van der Waals surface area contributed by atoms with Crippen LogP contribution in [0.25, 0.3) is 0 Å². The van der Waals surface area contributed by atoms with Crippen LogP contribution in [0.15, 0.2) is 0 Å². The van der Waals surface area contributed by atoms with Crippen LogP contribution in [-0.4, -0.2) is 40.5 Å². The number of tetrazole rings is 1. The summed E-state index contributed by atoms with van der Waals surface area (Å²) in [7, 11) is 1.73. The summed E-state index contributed by atoms with van der Waals surface area (Å²) >= 11 is 0. The summed E-state index contributed by atoms with van der Waals surface area (Å²) in [4.78, 5) is 0. The van der Waals surface area contributed by atoms with Crippen molar-refractivity contribution < 1.29 is 4.74 Å². The van der Waals surface area contributed by atoms with Gasteiger partial charge in [0.2, 0.25) is 0 Å². The molecule has 1 rings (SSSR count). The maximum Gasteiger partial charge on any atom is 0.167 e. The summed E-state index contributed by atoms with van der Waals surface area (Å²) in [6.07, 6.45) is 2.09. The van der Waals surface area contributed by atoms with E-state index in [0.717, 1.165) is 38.4 Å². The van der Waals surface area contributed by atoms with Crippen molar-refractivity contribution in [3.05, 3.63) is 5.82 Å². The Morgan fingerprint density at radius 2 is 2.16 bits per heavy atom. The highest BCUT2D eigenvalue weighted by atomic mass is 16.5. The topological polar surface area (TPSA) is 64.9 Å². The zero-order chi connectivity index (χ0) is 14.3. The molecule has 0 aliphatic rings. The second-order valence-corrected chi connectivity index (χ2v) is 5.78. The van der Waals surface area contributed by atoms with Crippen molar-refractivity contribution >= 4 is 0 Å². The molecule has 0 amide bonds. The maximum absolute atomic E-state index is 5.15. The lowest BCUT2D eigenvalue weighted by molar-refractivity contribution is 0.138. The summed E-state index contributed by atoms with van der Waals surface area (Å²) in [5.74, 6) is 0.902. The van der Waals surface area contributed by atoms with Crippen LogP contribution in [0.2, 0.25) is 0 Å². The highest BCUT2D eigenvalue weighted by Crippen LogP contribution is 2.23. The van der Waals surface area contributed by atoms with Crippen LogP contribution >= 0.6 is 0 Å². The Morgan fingerprint density at radius 1 is 1.42 bits per heavy atom. The summed E-state index contributed by atoms with van der Waals surface area (Å²) in [5, 5.41) is 15.5. The predicted octanol–water partition coefficient (Wildman–Crippen LogP) is 1.80. The van der Waals surface area contributed by atoms with Gasteiger partial charge in [-0.3, -0.25) is 0 Å². The van der Waals surface area contributed by atoms with Gasteiger partial charge in [-0.25, -0.2) is 4.68 Å². The Hall–Kier alpha value is -1.01. The molecule has 0 aliphatic heterocycles. The van der Waals surface area contributed by atoms with Crippen LogP contribution in [0.3, 0.4) is 0 Å². The fraction of sp³-hybridized carbons (Fsp3) is 0.923. The first-order valence-corrected chi connectivity index (χ1v) is 6.98. The molecule has 1 aromatic heterocycles. The number of rotatable bonds is 9. The SMILES string of the molecule is CCCNC(C)c1nnnn1CC(C)(C)CCOC. The van der Waals surface area contributed by atoms with Crippen molar-refractivity contribution in [3.63, 3.8) is 0 Å². The molecule has 0 aromatic carbocycles. The minimum Gasteiger partial charge on any atom is -0.385 e. The Morgan fingerprint density at radius 3 is 2.79 bits per heavy atom. The Balaban J connectivity index is 2.66. The number of nitrogens with one attached hydrogen (secondary N) is 1. The molecule has 0 saturated carbocycles. The van der Waals surface area contributed by atoms with Crippen LogP contribution in [0.1, 0.15) is 52.4 Å². The van der Waals surface area contributed by atoms with Gasteiger partial charge in [0.05, 0.1) is 12.6 Å². The van der Waals surface area contributed by atoms with Gasteiger partial charge in [0.15, 0.2) is 5.82 Å². The average Bonchev–Trinajstić information content (AvgIpc) is 2.81. The Kier molecular flexibility index (Phi) is 6.37. The van der Waals surface area contributed by atoms with Crippen LogP contribution in [0.4, 0.5) is 0 Å². The Bertz CT molecular complexity index is 364. The molecule has 0 bridgehead atoms. The van der Waals surface area contributed by atoms with E-state index >= 15 is 0 Å². The predicted molar refractivity (Wildman–Crippen MR) is 74.8 cm³/mol. The number of aromatic nitrogens is 4. The highest BCUT2D eigenvalue weighted by molar-refractivity contribution is 4.90. The third-order valence-corrected chi connectivity index (χ3v) is 3.21. The minimum atomic E-state index is 0.116. The molecular weight excluding hydrogens is 242 g/mol. The molecule has 1 heterocycles. The standard InChI is InChI=1S/C13H27N5O/c1-6-8-14-11(2)12-15-16-17-18(12)10-13(3,4)7-9-19-5/h11,14H,6-10H2,1-5H3. The molecule has 6 nitrogen and oxygen atoms in total. The first kappa shape index (κ1) is 16.0. The second kappa shape index (κ2) is 7.55. The van der Waals surface area contributed by atoms with E-state index < -0.39 is 0 Å². The Labute approximate surface area is 115 Å². The van der Waals surface area contributed by atoms with E-state index in [9.17, 15) is 0 Å². The third kappa shape index (κ3) is 5.24. The fourth-order valence-electron chi connectivity index (χ4n) is 1.95. The van der Waals surface area contributed by atoms with Crippen LogP contribution < -0.4 is 5.32 Å². The van der Waals surface area contributed by atoms with E-state index in [4.69, 9.17) is 4.74 Å². The highest BCUT2D eigenvalue weighted by Gasteiger charge is 2.22. The van der Waals surface area contributed by atoms with E-state index in [1.807, 2.05) is 4.68 Å². The molecule has 1 N–H and O–H groups in total. The van der Waals surface area contributed by atoms with E-state index in [1.54, 1.807) is 7.11 Å². The molecule has 1 unspecified atom stereocenters. The van der Waals surface area contributed by atoms with Gasteiger partial charge in [-0.05, 0) is 42.2 Å². The van der Waals surface area contributed by atoms with Gasteiger partial charge >= 0.3 is 0 Å². The smallest absolute Gasteiger partial charge is 0.167 e. The number of hydrogen-bond donors (Lipinski definition) is 1. The lowest BCUT2D eigenvalue weighted by atomic mass is 9.90. The van der Waals surface area contributed by atoms with Gasteiger partial charge in [-0.1, -0.05) is 20.8 Å². The zero-order valence-electron chi connectivity index (χ0n) is 12.8. The minimum absolute atomic E-state index is 0.116. The van der Waals surface area contributed by atoms with Crippen LogP contribution in [-0.2, 0) is 11.3 Å². The zero-order valence-corrected chi connectivity index (χ0v) is 12.8. The lowest BCUT2D eigenvalue weighted by Gasteiger charge is -2.25. The molecule has 0 saturated heterocycles. The average molecular weight is 269 g/mol. The molecule has 6 heteroatoms. The van der Waals surface area contributed by atoms with Gasteiger partial charge in [0.1, 0.15) is 0 Å². The van der Waals surface area contributed by atoms with Crippen molar-refractivity contribution in [1.29, 1.82) is 0 Å². The molecule has 0 radical (unpaired) electrons. The molecule has 0 spiro atoms. The first-order valence-electron chi connectivity index (χ1n) is 6.98. The summed E-state index contributed by atoms with van der Waals surface area (Å²) < 4.78 is 7.06. The van der Waals surface area contributed by atoms with Gasteiger partial charge < -0.3 is 10.1 Å². The third-order valence-electron chi connectivity index (χ3n) is 3.21. The number of nitrogens with zero attached hydrogens (tertiary/aromatic N) is 4. The quantitative estimate of drug-likeness (QED) is 0.740. The largest absolute Gasteiger partial charge is 0.385 e. The second-order valence-electron chi connectivity index (χ2n) is 5.78. The van der Waals surface area contributed by atoms with Gasteiger partial charge in [-0.15, -0.1) is 5.10 Å². The molecule has 19 heavy (non-hydrogen) atoms. The van der Waals surface area contributed by atoms with Crippen molar-refractivity contribution in [2.24, 2.45) is 5.41 Å². The maximum atomic E-state index is 5.15. The summed E-state index contributed by atoms with van der Waals surface area (Å²) in [6.45, 7) is 11.2. The summed E-state index contributed by atoms with van der Waals surface area (Å²) in [5.41, 5.74) is 0.116. The van der Waals surface area contributed by atoms with Crippen LogP contribution in [0, 0.1) is 5.41 Å². The summed E-state index contributed by atoms with van der Waals surface area (Å²) in [6, 6.07) is 0.174. The first-order chi connectivity index (χ1) is 9.00. The van der Waals surface area contributed by atoms with E-state index in [1.165, 1.54) is 0 Å². The van der Waals surface area contributed by atoms with Crippen molar-refractivity contribution in [2.45, 2.75) is 53.1 Å². The van der Waals surface area contributed by atoms with Gasteiger partial charge in [-0.2, -0.15) is 0 Å². The fourth-order valence-corrected chi connectivity index (χ4v) is 1.95. The molecule has 0 fully saturated rings. The van der Waals surface area contributed by atoms with Crippen molar-refractivity contribution in [2.75, 3.05) is 20.3 Å². The van der Waals surface area contributed by atoms with E-state index in [0.29, 0.717) is 0 Å². The van der Waals surface area contributed by atoms with Crippen molar-refractivity contribution in [1.82, 2.24) is 25.5 Å². The monoisotopic (exact) mass is 269 g/mol. The van der Waals surface area contributed by atoms with Gasteiger partial charge in [0.25, 0.3) is 0 Å². The van der Waals surface area contributed by atoms with Crippen LogP contribution in [0.5, 0.6) is 0 Å². The number of methoxy groups -OCH3 is 1. The molecule has 0 aliphatic carbocycles. The molecule has 110 valence electrons. The molecule has 1 atom stereocenters. The molecule has 1 aromatic rings. The number of ether oxygens (including phenoxy) is 1. The normalized spacial score (nSPS) is 13.7. The van der Waals surface area contributed by atoms with E-state index in [-0.39, 0.29) is 11.5 Å². The van der Waals surface area contributed by atoms with E-state index in [2.05, 4.69) is 48.5 Å². The lowest BCUT2D eigenvalue weighted by Crippen LogP contribution is -2.27. The number of hydrogen-bond acceptors (Lipinski definition) is 5. The molecular formula is C13H27N5O. The van der Waals surface area contributed by atoms with Gasteiger partial charge in [0, 0.05) is 13.7 Å². The van der Waals surface area contributed by atoms with Crippen molar-refractivity contribution in [3.8, 4) is 0 Å².